The molecule has 0 bridgehead atoms. The summed E-state index contributed by atoms with van der Waals surface area (Å²) in [6, 6.07) is 10.7. The molecule has 28 heavy (non-hydrogen) atoms. The number of hydrogen-bond acceptors (Lipinski definition) is 3. The van der Waals surface area contributed by atoms with E-state index in [0.29, 0.717) is 6.54 Å². The van der Waals surface area contributed by atoms with Crippen molar-refractivity contribution in [3.8, 4) is 0 Å². The molecular formula is C24H30N2O2. The topological polar surface area (TPSA) is 32.8 Å². The van der Waals surface area contributed by atoms with Gasteiger partial charge in [-0.3, -0.25) is 4.79 Å². The van der Waals surface area contributed by atoms with Crippen molar-refractivity contribution in [2.45, 2.75) is 56.1 Å². The second-order valence-corrected chi connectivity index (χ2v) is 8.89. The van der Waals surface area contributed by atoms with Gasteiger partial charge in [-0.15, -0.1) is 0 Å². The van der Waals surface area contributed by atoms with E-state index in [4.69, 9.17) is 4.74 Å². The number of hydrogen-bond donors (Lipinski definition) is 0. The van der Waals surface area contributed by atoms with Gasteiger partial charge in [0.2, 0.25) is 0 Å². The van der Waals surface area contributed by atoms with Crippen molar-refractivity contribution in [3.63, 3.8) is 0 Å². The maximum absolute atomic E-state index is 13.1. The van der Waals surface area contributed by atoms with Crippen LogP contribution >= 0.6 is 0 Å². The molecule has 4 nitrogen and oxygen atoms in total. The Morgan fingerprint density at radius 2 is 1.89 bits per heavy atom. The fraction of sp³-hybridized carbons (Fsp3) is 0.542. The molecule has 2 spiro atoms. The third-order valence-electron chi connectivity index (χ3n) is 6.66. The smallest absolute Gasteiger partial charge is 0.259 e. The Bertz CT molecular complexity index is 796. The molecule has 1 saturated carbocycles. The van der Waals surface area contributed by atoms with Crippen molar-refractivity contribution < 1.29 is 9.53 Å². The number of allylic oxidation sites excluding steroid dienone is 3. The molecule has 148 valence electrons. The number of benzene rings is 1. The molecule has 2 saturated heterocycles. The summed E-state index contributed by atoms with van der Waals surface area (Å²) >= 11 is 0. The van der Waals surface area contributed by atoms with Gasteiger partial charge in [-0.2, -0.15) is 0 Å². The van der Waals surface area contributed by atoms with Gasteiger partial charge in [0, 0.05) is 18.8 Å². The number of nitrogens with zero attached hydrogens (tertiary/aromatic N) is 2. The van der Waals surface area contributed by atoms with Crippen molar-refractivity contribution in [1.29, 1.82) is 0 Å². The van der Waals surface area contributed by atoms with E-state index >= 15 is 0 Å². The van der Waals surface area contributed by atoms with Gasteiger partial charge in [0.15, 0.2) is 0 Å². The van der Waals surface area contributed by atoms with E-state index in [1.54, 1.807) is 0 Å². The van der Waals surface area contributed by atoms with Gasteiger partial charge < -0.3 is 14.5 Å². The van der Waals surface area contributed by atoms with Crippen molar-refractivity contribution in [2.24, 2.45) is 0 Å². The third-order valence-corrected chi connectivity index (χ3v) is 6.66. The first-order valence-electron chi connectivity index (χ1n) is 10.8. The quantitative estimate of drug-likeness (QED) is 0.801. The molecule has 4 aliphatic rings. The maximum atomic E-state index is 13.1. The van der Waals surface area contributed by atoms with E-state index in [1.807, 2.05) is 4.90 Å². The molecule has 1 atom stereocenters. The summed E-state index contributed by atoms with van der Waals surface area (Å²) in [6.45, 7) is 3.81. The summed E-state index contributed by atoms with van der Waals surface area (Å²) in [5.74, 6) is 0.192. The number of amides is 1. The molecule has 1 aromatic carbocycles. The Morgan fingerprint density at radius 3 is 2.64 bits per heavy atom. The molecule has 2 heterocycles. The van der Waals surface area contributed by atoms with E-state index in [-0.39, 0.29) is 11.5 Å². The van der Waals surface area contributed by atoms with E-state index in [1.165, 1.54) is 5.56 Å². The number of carbonyl (C=O) groups excluding carboxylic acids is 1. The molecular weight excluding hydrogens is 348 g/mol. The molecule has 1 amide bonds. The minimum absolute atomic E-state index is 0.192. The highest BCUT2D eigenvalue weighted by Crippen LogP contribution is 2.50. The number of ether oxygens (including phenoxy) is 1. The van der Waals surface area contributed by atoms with Gasteiger partial charge in [-0.25, -0.2) is 0 Å². The zero-order chi connectivity index (χ0) is 19.0. The number of rotatable bonds is 4. The molecule has 3 fully saturated rings. The lowest BCUT2D eigenvalue weighted by molar-refractivity contribution is -0.197. The molecule has 0 N–H and O–H groups in total. The van der Waals surface area contributed by atoms with Gasteiger partial charge in [0.25, 0.3) is 5.91 Å². The average molecular weight is 379 g/mol. The minimum Gasteiger partial charge on any atom is -0.355 e. The van der Waals surface area contributed by atoms with E-state index in [9.17, 15) is 4.79 Å². The predicted molar refractivity (Wildman–Crippen MR) is 110 cm³/mol. The van der Waals surface area contributed by atoms with Crippen LogP contribution in [-0.2, 0) is 16.0 Å². The van der Waals surface area contributed by atoms with Crippen LogP contribution in [0.2, 0.25) is 0 Å². The molecule has 5 rings (SSSR count). The van der Waals surface area contributed by atoms with Crippen LogP contribution in [0, 0.1) is 0 Å². The zero-order valence-corrected chi connectivity index (χ0v) is 16.6. The van der Waals surface area contributed by atoms with Crippen LogP contribution in [0.15, 0.2) is 54.3 Å². The fourth-order valence-corrected chi connectivity index (χ4v) is 5.06. The Balaban J connectivity index is 1.32. The van der Waals surface area contributed by atoms with E-state index in [0.717, 1.165) is 70.3 Å². The van der Waals surface area contributed by atoms with Gasteiger partial charge in [0.05, 0.1) is 6.54 Å². The van der Waals surface area contributed by atoms with Crippen LogP contribution in [-0.4, -0.2) is 53.1 Å². The first-order valence-corrected chi connectivity index (χ1v) is 10.8. The summed E-state index contributed by atoms with van der Waals surface area (Å²) in [5, 5.41) is 0. The number of carbonyl (C=O) groups is 1. The van der Waals surface area contributed by atoms with Crippen LogP contribution in [0.4, 0.5) is 0 Å². The fourth-order valence-electron chi connectivity index (χ4n) is 5.06. The van der Waals surface area contributed by atoms with Gasteiger partial charge >= 0.3 is 0 Å². The summed E-state index contributed by atoms with van der Waals surface area (Å²) in [6.07, 6.45) is 13.7. The molecule has 0 aromatic heterocycles. The van der Waals surface area contributed by atoms with Crippen LogP contribution in [0.5, 0.6) is 0 Å². The summed E-state index contributed by atoms with van der Waals surface area (Å²) in [7, 11) is 0. The molecule has 2 aliphatic heterocycles. The third kappa shape index (κ3) is 3.44. The van der Waals surface area contributed by atoms with Crippen molar-refractivity contribution >= 4 is 5.91 Å². The lowest BCUT2D eigenvalue weighted by atomic mass is 9.88. The first kappa shape index (κ1) is 18.1. The van der Waals surface area contributed by atoms with Crippen molar-refractivity contribution in [1.82, 2.24) is 9.80 Å². The van der Waals surface area contributed by atoms with E-state index < -0.39 is 5.60 Å². The molecule has 1 aromatic rings. The Kier molecular flexibility index (Phi) is 4.64. The van der Waals surface area contributed by atoms with Crippen molar-refractivity contribution in [3.05, 3.63) is 59.8 Å². The highest BCUT2D eigenvalue weighted by Gasteiger charge is 2.62. The summed E-state index contributed by atoms with van der Waals surface area (Å²) < 4.78 is 6.64. The number of piperidine rings is 1. The monoisotopic (exact) mass is 378 g/mol. The SMILES string of the molecule is O=C1N(C2=CCCC=C2)CC2(CCCN(CCc3ccccc3)C2)OC12CC2. The number of likely N-dealkylation sites (tertiary alicyclic amines) is 1. The largest absolute Gasteiger partial charge is 0.355 e. The Labute approximate surface area is 167 Å². The molecule has 2 aliphatic carbocycles. The molecule has 0 radical (unpaired) electrons. The lowest BCUT2D eigenvalue weighted by Gasteiger charge is -2.51. The van der Waals surface area contributed by atoms with Gasteiger partial charge in [-0.1, -0.05) is 42.5 Å². The predicted octanol–water partition coefficient (Wildman–Crippen LogP) is 3.69. The maximum Gasteiger partial charge on any atom is 0.259 e. The average Bonchev–Trinajstić information content (AvgIpc) is 3.51. The summed E-state index contributed by atoms with van der Waals surface area (Å²) in [5.41, 5.74) is 1.73. The summed E-state index contributed by atoms with van der Waals surface area (Å²) in [4.78, 5) is 17.7. The molecule has 4 heteroatoms. The van der Waals surface area contributed by atoms with Crippen LogP contribution in [0.3, 0.4) is 0 Å². The zero-order valence-electron chi connectivity index (χ0n) is 16.6. The van der Waals surface area contributed by atoms with Crippen LogP contribution in [0.25, 0.3) is 0 Å². The first-order chi connectivity index (χ1) is 13.7. The second kappa shape index (κ2) is 7.16. The normalized spacial score (nSPS) is 29.4. The lowest BCUT2D eigenvalue weighted by Crippen LogP contribution is -2.64. The minimum atomic E-state index is -0.535. The Hall–Kier alpha value is -1.91. The van der Waals surface area contributed by atoms with Crippen LogP contribution in [0.1, 0.15) is 44.1 Å². The second-order valence-electron chi connectivity index (χ2n) is 8.89. The Morgan fingerprint density at radius 1 is 1.04 bits per heavy atom. The number of morpholine rings is 1. The highest BCUT2D eigenvalue weighted by atomic mass is 16.5. The van der Waals surface area contributed by atoms with Gasteiger partial charge in [-0.05, 0) is 63.1 Å². The van der Waals surface area contributed by atoms with Crippen LogP contribution < -0.4 is 0 Å². The van der Waals surface area contributed by atoms with Gasteiger partial charge in [0.1, 0.15) is 11.2 Å². The highest BCUT2D eigenvalue weighted by molar-refractivity contribution is 5.90. The molecule has 1 unspecified atom stereocenters. The van der Waals surface area contributed by atoms with Crippen molar-refractivity contribution in [2.75, 3.05) is 26.2 Å². The standard InChI is InChI=1S/C24H30N2O2/c27-22-24(14-15-24)28-23(19-26(22)21-10-5-2-6-11-21)13-7-16-25(18-23)17-12-20-8-3-1-4-9-20/h1,3-5,8-11H,2,6-7,12-19H2. The van der Waals surface area contributed by atoms with E-state index in [2.05, 4.69) is 53.5 Å².